The third-order valence-corrected chi connectivity index (χ3v) is 4.29. The molecule has 0 aromatic heterocycles. The molecular formula is C17H27NO2. The van der Waals surface area contributed by atoms with Crippen molar-refractivity contribution < 1.29 is 9.47 Å². The summed E-state index contributed by atoms with van der Waals surface area (Å²) in [6.07, 6.45) is 6.72. The third-order valence-electron chi connectivity index (χ3n) is 4.29. The lowest BCUT2D eigenvalue weighted by Crippen LogP contribution is -2.35. The lowest BCUT2D eigenvalue weighted by molar-refractivity contribution is 0.254. The van der Waals surface area contributed by atoms with Crippen LogP contribution in [0.3, 0.4) is 0 Å². The van der Waals surface area contributed by atoms with E-state index < -0.39 is 0 Å². The standard InChI is InChI=1S/C17H27NO2/c1-3-14-8-10-15(11-9-14)18-12-13-20-17-7-5-4-6-16(17)19-2/h4-7,14-15,18H,3,8-13H2,1-2H3. The van der Waals surface area contributed by atoms with Gasteiger partial charge >= 0.3 is 0 Å². The molecule has 0 atom stereocenters. The molecule has 3 heteroatoms. The molecule has 1 N–H and O–H groups in total. The predicted molar refractivity (Wildman–Crippen MR) is 82.5 cm³/mol. The molecule has 1 aromatic carbocycles. The van der Waals surface area contributed by atoms with E-state index in [0.29, 0.717) is 12.6 Å². The monoisotopic (exact) mass is 277 g/mol. The molecule has 1 fully saturated rings. The normalized spacial score (nSPS) is 22.5. The number of rotatable bonds is 7. The lowest BCUT2D eigenvalue weighted by atomic mass is 9.84. The summed E-state index contributed by atoms with van der Waals surface area (Å²) < 4.78 is 11.0. The summed E-state index contributed by atoms with van der Waals surface area (Å²) in [6, 6.07) is 8.48. The molecule has 0 heterocycles. The number of hydrogen-bond acceptors (Lipinski definition) is 3. The second kappa shape index (κ2) is 8.15. The Morgan fingerprint density at radius 1 is 1.10 bits per heavy atom. The molecule has 1 aliphatic carbocycles. The zero-order valence-corrected chi connectivity index (χ0v) is 12.7. The maximum absolute atomic E-state index is 5.77. The average molecular weight is 277 g/mol. The van der Waals surface area contributed by atoms with Crippen molar-refractivity contribution in [3.05, 3.63) is 24.3 Å². The molecule has 20 heavy (non-hydrogen) atoms. The van der Waals surface area contributed by atoms with Crippen molar-refractivity contribution in [2.24, 2.45) is 5.92 Å². The van der Waals surface area contributed by atoms with Gasteiger partial charge in [-0.05, 0) is 43.7 Å². The van der Waals surface area contributed by atoms with Crippen molar-refractivity contribution in [1.82, 2.24) is 5.32 Å². The average Bonchev–Trinajstić information content (AvgIpc) is 2.52. The van der Waals surface area contributed by atoms with Crippen molar-refractivity contribution in [1.29, 1.82) is 0 Å². The summed E-state index contributed by atoms with van der Waals surface area (Å²) in [7, 11) is 1.67. The van der Waals surface area contributed by atoms with Crippen LogP contribution in [0.15, 0.2) is 24.3 Å². The Labute approximate surface area is 122 Å². The van der Waals surface area contributed by atoms with Crippen LogP contribution in [0, 0.1) is 5.92 Å². The van der Waals surface area contributed by atoms with Gasteiger partial charge in [0.2, 0.25) is 0 Å². The molecule has 3 nitrogen and oxygen atoms in total. The number of para-hydroxylation sites is 2. The topological polar surface area (TPSA) is 30.5 Å². The molecule has 0 bridgehead atoms. The van der Waals surface area contributed by atoms with Crippen molar-refractivity contribution in [2.75, 3.05) is 20.3 Å². The molecule has 0 aliphatic heterocycles. The smallest absolute Gasteiger partial charge is 0.161 e. The van der Waals surface area contributed by atoms with E-state index >= 15 is 0 Å². The Balaban J connectivity index is 1.64. The van der Waals surface area contributed by atoms with Crippen LogP contribution in [-0.4, -0.2) is 26.3 Å². The van der Waals surface area contributed by atoms with Gasteiger partial charge in [-0.2, -0.15) is 0 Å². The van der Waals surface area contributed by atoms with Crippen LogP contribution in [0.2, 0.25) is 0 Å². The second-order valence-corrected chi connectivity index (χ2v) is 5.58. The largest absolute Gasteiger partial charge is 0.493 e. The van der Waals surface area contributed by atoms with Crippen LogP contribution in [0.4, 0.5) is 0 Å². The predicted octanol–water partition coefficient (Wildman–Crippen LogP) is 3.63. The van der Waals surface area contributed by atoms with Gasteiger partial charge in [0.25, 0.3) is 0 Å². The second-order valence-electron chi connectivity index (χ2n) is 5.58. The van der Waals surface area contributed by atoms with Gasteiger partial charge in [0.15, 0.2) is 11.5 Å². The van der Waals surface area contributed by atoms with Crippen LogP contribution in [0.1, 0.15) is 39.0 Å². The molecule has 0 amide bonds. The Kier molecular flexibility index (Phi) is 6.19. The highest BCUT2D eigenvalue weighted by Crippen LogP contribution is 2.27. The lowest BCUT2D eigenvalue weighted by Gasteiger charge is -2.28. The minimum Gasteiger partial charge on any atom is -0.493 e. The first-order valence-electron chi connectivity index (χ1n) is 7.82. The maximum atomic E-state index is 5.77. The summed E-state index contributed by atoms with van der Waals surface area (Å²) in [4.78, 5) is 0. The van der Waals surface area contributed by atoms with Gasteiger partial charge in [-0.3, -0.25) is 0 Å². The van der Waals surface area contributed by atoms with Gasteiger partial charge < -0.3 is 14.8 Å². The van der Waals surface area contributed by atoms with E-state index in [9.17, 15) is 0 Å². The molecule has 112 valence electrons. The molecule has 0 spiro atoms. The first kappa shape index (κ1) is 15.2. The Morgan fingerprint density at radius 3 is 2.45 bits per heavy atom. The van der Waals surface area contributed by atoms with Crippen LogP contribution >= 0.6 is 0 Å². The Morgan fingerprint density at radius 2 is 1.80 bits per heavy atom. The third kappa shape index (κ3) is 4.41. The highest BCUT2D eigenvalue weighted by Gasteiger charge is 2.19. The fraction of sp³-hybridized carbons (Fsp3) is 0.647. The molecule has 2 rings (SSSR count). The summed E-state index contributed by atoms with van der Waals surface area (Å²) in [5, 5.41) is 3.61. The minimum atomic E-state index is 0.680. The fourth-order valence-corrected chi connectivity index (χ4v) is 2.94. The molecule has 0 radical (unpaired) electrons. The number of hydrogen-bond donors (Lipinski definition) is 1. The van der Waals surface area contributed by atoms with E-state index in [-0.39, 0.29) is 0 Å². The van der Waals surface area contributed by atoms with Crippen LogP contribution in [0.5, 0.6) is 11.5 Å². The fourth-order valence-electron chi connectivity index (χ4n) is 2.94. The highest BCUT2D eigenvalue weighted by molar-refractivity contribution is 5.39. The summed E-state index contributed by atoms with van der Waals surface area (Å²) in [5.41, 5.74) is 0. The van der Waals surface area contributed by atoms with Gasteiger partial charge in [-0.25, -0.2) is 0 Å². The van der Waals surface area contributed by atoms with Crippen LogP contribution in [-0.2, 0) is 0 Å². The number of methoxy groups -OCH3 is 1. The highest BCUT2D eigenvalue weighted by atomic mass is 16.5. The van der Waals surface area contributed by atoms with Gasteiger partial charge in [-0.1, -0.05) is 25.5 Å². The van der Waals surface area contributed by atoms with E-state index in [1.165, 1.54) is 32.1 Å². The van der Waals surface area contributed by atoms with Crippen molar-refractivity contribution in [3.8, 4) is 11.5 Å². The van der Waals surface area contributed by atoms with Gasteiger partial charge in [0, 0.05) is 12.6 Å². The molecule has 1 aromatic rings. The first-order valence-corrected chi connectivity index (χ1v) is 7.82. The Bertz CT molecular complexity index is 386. The van der Waals surface area contributed by atoms with Gasteiger partial charge in [0.05, 0.1) is 7.11 Å². The molecule has 1 aliphatic rings. The van der Waals surface area contributed by atoms with E-state index in [1.54, 1.807) is 7.11 Å². The first-order chi connectivity index (χ1) is 9.83. The van der Waals surface area contributed by atoms with Crippen molar-refractivity contribution in [3.63, 3.8) is 0 Å². The summed E-state index contributed by atoms with van der Waals surface area (Å²) in [6.45, 7) is 3.90. The summed E-state index contributed by atoms with van der Waals surface area (Å²) >= 11 is 0. The molecule has 0 unspecified atom stereocenters. The van der Waals surface area contributed by atoms with E-state index in [4.69, 9.17) is 9.47 Å². The Hall–Kier alpha value is -1.22. The van der Waals surface area contributed by atoms with E-state index in [0.717, 1.165) is 24.0 Å². The van der Waals surface area contributed by atoms with Gasteiger partial charge in [-0.15, -0.1) is 0 Å². The zero-order valence-electron chi connectivity index (χ0n) is 12.7. The van der Waals surface area contributed by atoms with Gasteiger partial charge in [0.1, 0.15) is 6.61 Å². The van der Waals surface area contributed by atoms with Crippen molar-refractivity contribution >= 4 is 0 Å². The molecule has 1 saturated carbocycles. The number of benzene rings is 1. The van der Waals surface area contributed by atoms with E-state index in [1.807, 2.05) is 24.3 Å². The van der Waals surface area contributed by atoms with E-state index in [2.05, 4.69) is 12.2 Å². The summed E-state index contributed by atoms with van der Waals surface area (Å²) in [5.74, 6) is 2.58. The quantitative estimate of drug-likeness (QED) is 0.772. The van der Waals surface area contributed by atoms with Crippen LogP contribution < -0.4 is 14.8 Å². The SMILES string of the molecule is CCC1CCC(NCCOc2ccccc2OC)CC1. The minimum absolute atomic E-state index is 0.680. The van der Waals surface area contributed by atoms with Crippen molar-refractivity contribution in [2.45, 2.75) is 45.1 Å². The molecular weight excluding hydrogens is 250 g/mol. The maximum Gasteiger partial charge on any atom is 0.161 e. The zero-order chi connectivity index (χ0) is 14.2. The van der Waals surface area contributed by atoms with Crippen LogP contribution in [0.25, 0.3) is 0 Å². The number of nitrogens with one attached hydrogen (secondary N) is 1. The number of ether oxygens (including phenoxy) is 2. The molecule has 0 saturated heterocycles.